The van der Waals surface area contributed by atoms with Crippen LogP contribution in [-0.2, 0) is 16.4 Å². The van der Waals surface area contributed by atoms with Crippen molar-refractivity contribution in [1.29, 1.82) is 5.26 Å². The van der Waals surface area contributed by atoms with Gasteiger partial charge in [0.25, 0.3) is 0 Å². The number of nitrogens with zero attached hydrogens (tertiary/aromatic N) is 4. The fraction of sp³-hybridized carbons (Fsp3) is 0.438. The first-order valence-electron chi connectivity index (χ1n) is 7.93. The molecule has 7 nitrogen and oxygen atoms in total. The average molecular weight is 412 g/mol. The number of nitrogens with one attached hydrogen (secondary N) is 1. The van der Waals surface area contributed by atoms with Crippen molar-refractivity contribution in [3.63, 3.8) is 0 Å². The van der Waals surface area contributed by atoms with Crippen LogP contribution in [0, 0.1) is 11.3 Å². The van der Waals surface area contributed by atoms with Crippen LogP contribution in [0.3, 0.4) is 0 Å². The molecule has 0 unspecified atom stereocenters. The highest BCUT2D eigenvalue weighted by molar-refractivity contribution is 7.91. The van der Waals surface area contributed by atoms with E-state index in [0.29, 0.717) is 28.7 Å². The van der Waals surface area contributed by atoms with Gasteiger partial charge in [0.2, 0.25) is 0 Å². The van der Waals surface area contributed by atoms with Crippen LogP contribution in [0.2, 0.25) is 0 Å². The number of pyridine rings is 1. The molecule has 2 aromatic rings. The van der Waals surface area contributed by atoms with Crippen LogP contribution in [0.5, 0.6) is 0 Å². The van der Waals surface area contributed by atoms with Crippen LogP contribution in [0.25, 0.3) is 0 Å². The van der Waals surface area contributed by atoms with E-state index in [4.69, 9.17) is 5.26 Å². The highest BCUT2D eigenvalue weighted by atomic mass is 32.2. The molecule has 0 aromatic carbocycles. The Bertz CT molecular complexity index is 883. The average Bonchev–Trinajstić information content (AvgIpc) is 3.02. The van der Waals surface area contributed by atoms with E-state index in [1.54, 1.807) is 6.20 Å². The summed E-state index contributed by atoms with van der Waals surface area (Å²) in [6.07, 6.45) is 5.96. The van der Waals surface area contributed by atoms with Gasteiger partial charge in [0.1, 0.15) is 26.6 Å². The summed E-state index contributed by atoms with van der Waals surface area (Å²) in [4.78, 5) is 11.2. The Morgan fingerprint density at radius 2 is 2.12 bits per heavy atom. The first-order valence-corrected chi connectivity index (χ1v) is 10.7. The predicted molar refractivity (Wildman–Crippen MR) is 108 cm³/mol. The Morgan fingerprint density at radius 3 is 2.73 bits per heavy atom. The molecule has 1 N–H and O–H groups in total. The second-order valence-electron chi connectivity index (χ2n) is 6.12. The normalized spacial score (nSPS) is 15.8. The molecular weight excluding hydrogens is 390 g/mol. The van der Waals surface area contributed by atoms with Crippen molar-refractivity contribution in [2.45, 2.75) is 24.6 Å². The molecular formula is C16H21N5O2S3. The molecule has 1 fully saturated rings. The highest BCUT2D eigenvalue weighted by Crippen LogP contribution is 2.23. The van der Waals surface area contributed by atoms with Gasteiger partial charge in [-0.05, 0) is 43.6 Å². The molecule has 1 saturated heterocycles. The standard InChI is InChI=1S/C16H19N5O2S2.H2S/c1-25(22,23)14-3-6-21(7-4-14)11-12-2-5-18-15(8-12)20-16-19-10-13(9-17)24-16;/h2,5,8,10,14H,3-4,6-7,11H2,1H3,(H,18,19,20);1H2. The molecule has 0 saturated carbocycles. The van der Waals surface area contributed by atoms with Crippen molar-refractivity contribution in [3.05, 3.63) is 35.0 Å². The van der Waals surface area contributed by atoms with E-state index in [-0.39, 0.29) is 18.7 Å². The lowest BCUT2D eigenvalue weighted by Gasteiger charge is -2.31. The lowest BCUT2D eigenvalue weighted by atomic mass is 10.1. The summed E-state index contributed by atoms with van der Waals surface area (Å²) >= 11 is 1.28. The quantitative estimate of drug-likeness (QED) is 0.806. The van der Waals surface area contributed by atoms with Gasteiger partial charge in [-0.15, -0.1) is 0 Å². The number of piperidine rings is 1. The zero-order valence-electron chi connectivity index (χ0n) is 14.3. The van der Waals surface area contributed by atoms with Gasteiger partial charge in [-0.1, -0.05) is 11.3 Å². The largest absolute Gasteiger partial charge is 0.316 e. The number of hydrogen-bond donors (Lipinski definition) is 1. The van der Waals surface area contributed by atoms with Gasteiger partial charge in [0.15, 0.2) is 5.13 Å². The topological polar surface area (TPSA) is 99.0 Å². The van der Waals surface area contributed by atoms with Crippen LogP contribution < -0.4 is 5.32 Å². The molecule has 0 bridgehead atoms. The first kappa shape index (κ1) is 20.6. The Labute approximate surface area is 164 Å². The third-order valence-electron chi connectivity index (χ3n) is 4.22. The van der Waals surface area contributed by atoms with Crippen molar-refractivity contribution in [2.24, 2.45) is 0 Å². The van der Waals surface area contributed by atoms with Crippen LogP contribution >= 0.6 is 24.8 Å². The third kappa shape index (κ3) is 5.41. The van der Waals surface area contributed by atoms with Gasteiger partial charge in [-0.3, -0.25) is 4.90 Å². The zero-order valence-corrected chi connectivity index (χ0v) is 17.0. The minimum Gasteiger partial charge on any atom is -0.316 e. The maximum atomic E-state index is 11.6. The van der Waals surface area contributed by atoms with Gasteiger partial charge >= 0.3 is 0 Å². The Balaban J connectivity index is 0.00000243. The minimum absolute atomic E-state index is 0. The number of thiazole rings is 1. The van der Waals surface area contributed by atoms with Crippen molar-refractivity contribution in [3.8, 4) is 6.07 Å². The maximum Gasteiger partial charge on any atom is 0.189 e. The van der Waals surface area contributed by atoms with Crippen molar-refractivity contribution in [2.75, 3.05) is 24.7 Å². The van der Waals surface area contributed by atoms with E-state index >= 15 is 0 Å². The molecule has 0 amide bonds. The van der Waals surface area contributed by atoms with Gasteiger partial charge in [-0.25, -0.2) is 18.4 Å². The lowest BCUT2D eigenvalue weighted by molar-refractivity contribution is 0.222. The highest BCUT2D eigenvalue weighted by Gasteiger charge is 2.26. The summed E-state index contributed by atoms with van der Waals surface area (Å²) in [5.74, 6) is 0.683. The Kier molecular flexibility index (Phi) is 7.00. The number of anilines is 2. The van der Waals surface area contributed by atoms with E-state index in [1.165, 1.54) is 23.8 Å². The van der Waals surface area contributed by atoms with Crippen molar-refractivity contribution in [1.82, 2.24) is 14.9 Å². The number of sulfone groups is 1. The molecule has 0 atom stereocenters. The summed E-state index contributed by atoms with van der Waals surface area (Å²) < 4.78 is 23.3. The minimum atomic E-state index is -2.94. The van der Waals surface area contributed by atoms with Crippen molar-refractivity contribution >= 4 is 45.6 Å². The third-order valence-corrected chi connectivity index (χ3v) is 6.72. The summed E-state index contributed by atoms with van der Waals surface area (Å²) in [6, 6.07) is 5.97. The molecule has 1 aliphatic rings. The number of aromatic nitrogens is 2. The maximum absolute atomic E-state index is 11.6. The lowest BCUT2D eigenvalue weighted by Crippen LogP contribution is -2.38. The molecule has 2 aromatic heterocycles. The predicted octanol–water partition coefficient (Wildman–Crippen LogP) is 2.28. The molecule has 26 heavy (non-hydrogen) atoms. The van der Waals surface area contributed by atoms with Crippen LogP contribution in [-0.4, -0.2) is 47.9 Å². The van der Waals surface area contributed by atoms with E-state index in [2.05, 4.69) is 26.3 Å². The Morgan fingerprint density at radius 1 is 1.38 bits per heavy atom. The van der Waals surface area contributed by atoms with Crippen LogP contribution in [0.15, 0.2) is 24.5 Å². The van der Waals surface area contributed by atoms with Crippen molar-refractivity contribution < 1.29 is 8.42 Å². The number of nitriles is 1. The molecule has 0 radical (unpaired) electrons. The molecule has 3 rings (SSSR count). The molecule has 3 heterocycles. The van der Waals surface area contributed by atoms with E-state index in [1.807, 2.05) is 12.1 Å². The fourth-order valence-corrected chi connectivity index (χ4v) is 4.58. The number of likely N-dealkylation sites (tertiary alicyclic amines) is 1. The zero-order chi connectivity index (χ0) is 17.9. The van der Waals surface area contributed by atoms with Crippen LogP contribution in [0.4, 0.5) is 10.9 Å². The molecule has 10 heteroatoms. The monoisotopic (exact) mass is 411 g/mol. The SMILES string of the molecule is CS(=O)(=O)C1CCN(Cc2ccnc(Nc3ncc(C#N)s3)c2)CC1.S. The fourth-order valence-electron chi connectivity index (χ4n) is 2.89. The number of hydrogen-bond acceptors (Lipinski definition) is 8. The summed E-state index contributed by atoms with van der Waals surface area (Å²) in [7, 11) is -2.94. The smallest absolute Gasteiger partial charge is 0.189 e. The van der Waals surface area contributed by atoms with Crippen LogP contribution in [0.1, 0.15) is 23.3 Å². The van der Waals surface area contributed by atoms with E-state index < -0.39 is 9.84 Å². The van der Waals surface area contributed by atoms with E-state index in [9.17, 15) is 8.42 Å². The second-order valence-corrected chi connectivity index (χ2v) is 9.48. The molecule has 1 aliphatic heterocycles. The molecule has 0 aliphatic carbocycles. The summed E-state index contributed by atoms with van der Waals surface area (Å²) in [6.45, 7) is 2.32. The number of rotatable bonds is 5. The first-order chi connectivity index (χ1) is 11.9. The molecule has 140 valence electrons. The van der Waals surface area contributed by atoms with Gasteiger partial charge in [-0.2, -0.15) is 18.8 Å². The summed E-state index contributed by atoms with van der Waals surface area (Å²) in [5.41, 5.74) is 1.10. The van der Waals surface area contributed by atoms with Gasteiger partial charge < -0.3 is 5.32 Å². The van der Waals surface area contributed by atoms with Gasteiger partial charge in [0, 0.05) is 19.0 Å². The Hall–Kier alpha value is -1.67. The van der Waals surface area contributed by atoms with E-state index in [0.717, 1.165) is 25.2 Å². The van der Waals surface area contributed by atoms with Gasteiger partial charge in [0.05, 0.1) is 11.4 Å². The second kappa shape index (κ2) is 8.81. The molecule has 0 spiro atoms. The summed E-state index contributed by atoms with van der Waals surface area (Å²) in [5, 5.41) is 12.4.